The quantitative estimate of drug-likeness (QED) is 0.319. The second kappa shape index (κ2) is 12.2. The van der Waals surface area contributed by atoms with Crippen LogP contribution in [-0.4, -0.2) is 57.7 Å². The molecule has 45 heavy (non-hydrogen) atoms. The number of allylic oxidation sites excluding steroid dienone is 1. The topological polar surface area (TPSA) is 119 Å². The van der Waals surface area contributed by atoms with Gasteiger partial charge in [-0.2, -0.15) is 0 Å². The number of fused-ring (bicyclic) bond motifs is 3. The molecule has 3 N–H and O–H groups in total. The lowest BCUT2D eigenvalue weighted by atomic mass is 9.64. The highest BCUT2D eigenvalue weighted by molar-refractivity contribution is 7.89. The van der Waals surface area contributed by atoms with Gasteiger partial charge in [0.25, 0.3) is 0 Å². The molecule has 0 saturated heterocycles. The molecule has 4 aliphatic rings. The van der Waals surface area contributed by atoms with E-state index in [-0.39, 0.29) is 46.2 Å². The van der Waals surface area contributed by atoms with Gasteiger partial charge in [-0.3, -0.25) is 0 Å². The van der Waals surface area contributed by atoms with E-state index in [1.165, 1.54) is 5.57 Å². The Morgan fingerprint density at radius 3 is 2.67 bits per heavy atom. The van der Waals surface area contributed by atoms with Crippen LogP contribution in [0.4, 0.5) is 10.1 Å². The molecular weight excluding hydrogens is 619 g/mol. The maximum absolute atomic E-state index is 15.3. The van der Waals surface area contributed by atoms with Gasteiger partial charge in [-0.25, -0.2) is 22.7 Å². The van der Waals surface area contributed by atoms with Crippen molar-refractivity contribution in [3.63, 3.8) is 0 Å². The van der Waals surface area contributed by atoms with Gasteiger partial charge in [0.2, 0.25) is 10.0 Å². The van der Waals surface area contributed by atoms with Gasteiger partial charge in [-0.15, -0.1) is 0 Å². The minimum Gasteiger partial charge on any atom is -0.490 e. The Hall–Kier alpha value is -2.66. The highest BCUT2D eigenvalue weighted by atomic mass is 35.5. The minimum atomic E-state index is -3.61. The highest BCUT2D eigenvalue weighted by Crippen LogP contribution is 2.49. The molecule has 0 amide bonds. The number of nitrogens with two attached hydrogens (primary N) is 1. The molecule has 3 aliphatic carbocycles. The number of sulfonamides is 1. The molecule has 244 valence electrons. The second-order valence-corrected chi connectivity index (χ2v) is 15.9. The zero-order valence-corrected chi connectivity index (χ0v) is 27.5. The van der Waals surface area contributed by atoms with Crippen molar-refractivity contribution in [3.05, 3.63) is 69.5 Å². The average Bonchev–Trinajstić information content (AvgIpc) is 3.11. The number of aromatic carboxylic acids is 1. The van der Waals surface area contributed by atoms with Crippen LogP contribution in [-0.2, 0) is 26.6 Å². The third-order valence-corrected chi connectivity index (χ3v) is 12.9. The van der Waals surface area contributed by atoms with Crippen molar-refractivity contribution in [2.24, 2.45) is 28.8 Å². The monoisotopic (exact) mass is 660 g/mol. The molecule has 0 radical (unpaired) electrons. The number of anilines is 1. The highest BCUT2D eigenvalue weighted by Gasteiger charge is 2.47. The standard InChI is InChI=1S/C34H42ClFN2O6S/c1-19(20(2)45(37,41)42)23-13-24(14-23)32(43-3)25-8-6-22(25)16-38-17-34(12-4-5-26-27(34)9-10-28(35)31(26)36)18-44-30-11-7-21(33(39)40)15-29(30)38/h7,9-11,13,15,19-20,22-23,25,32H,4-6,8,12,14,16-18H2,1-3H3,(H,39,40)(H2,37,41,42)/t19-,20-,22+,23?,25-,32+,34+/m1/s1. The van der Waals surface area contributed by atoms with Gasteiger partial charge < -0.3 is 19.5 Å². The number of primary sulfonamides is 1. The average molecular weight is 661 g/mol. The summed E-state index contributed by atoms with van der Waals surface area (Å²) < 4.78 is 51.6. The van der Waals surface area contributed by atoms with Gasteiger partial charge in [0, 0.05) is 25.6 Å². The molecule has 11 heteroatoms. The van der Waals surface area contributed by atoms with Crippen molar-refractivity contribution < 1.29 is 32.2 Å². The van der Waals surface area contributed by atoms with E-state index in [2.05, 4.69) is 11.0 Å². The van der Waals surface area contributed by atoms with E-state index in [9.17, 15) is 18.3 Å². The molecule has 0 aromatic heterocycles. The molecule has 2 aromatic carbocycles. The van der Waals surface area contributed by atoms with E-state index >= 15 is 4.39 Å². The first kappa shape index (κ1) is 32.3. The Kier molecular flexibility index (Phi) is 8.73. The number of carboxylic acids is 1. The summed E-state index contributed by atoms with van der Waals surface area (Å²) >= 11 is 6.19. The second-order valence-electron chi connectivity index (χ2n) is 13.6. The van der Waals surface area contributed by atoms with Crippen molar-refractivity contribution in [2.75, 3.05) is 31.7 Å². The fourth-order valence-electron chi connectivity index (χ4n) is 8.09. The van der Waals surface area contributed by atoms with Crippen molar-refractivity contribution in [1.29, 1.82) is 0 Å². The lowest BCUT2D eigenvalue weighted by Gasteiger charge is -2.48. The maximum Gasteiger partial charge on any atom is 0.335 e. The van der Waals surface area contributed by atoms with Crippen LogP contribution in [0.25, 0.3) is 0 Å². The third-order valence-electron chi connectivity index (χ3n) is 11.2. The van der Waals surface area contributed by atoms with Crippen LogP contribution in [0.2, 0.25) is 5.02 Å². The van der Waals surface area contributed by atoms with Crippen LogP contribution < -0.4 is 14.8 Å². The summed E-state index contributed by atoms with van der Waals surface area (Å²) in [6, 6.07) is 8.55. The molecule has 1 saturated carbocycles. The van der Waals surface area contributed by atoms with Gasteiger partial charge in [0.1, 0.15) is 11.6 Å². The number of carbonyl (C=O) groups is 1. The van der Waals surface area contributed by atoms with Crippen LogP contribution in [0.15, 0.2) is 42.0 Å². The first-order chi connectivity index (χ1) is 21.3. The molecule has 6 rings (SSSR count). The lowest BCUT2D eigenvalue weighted by molar-refractivity contribution is -0.000489. The van der Waals surface area contributed by atoms with Crippen molar-refractivity contribution in [3.8, 4) is 5.75 Å². The molecule has 1 unspecified atom stereocenters. The Bertz CT molecular complexity index is 1630. The SMILES string of the molecule is CO[C@@H](C1=CC([C@H](C)[C@@H](C)S(N)(=O)=O)C1)[C@@H]1CC[C@H]1CN1C[C@@]2(CCCc3c2ccc(Cl)c3F)COc2ccc(C(=O)O)cc21. The number of nitrogens with zero attached hydrogens (tertiary/aromatic N) is 1. The zero-order chi connectivity index (χ0) is 32.3. The van der Waals surface area contributed by atoms with Crippen LogP contribution in [0.5, 0.6) is 5.75 Å². The number of carboxylic acid groups (broad SMARTS) is 1. The van der Waals surface area contributed by atoms with Gasteiger partial charge in [-0.05, 0) is 110 Å². The van der Waals surface area contributed by atoms with E-state index in [1.807, 2.05) is 13.0 Å². The fraction of sp³-hybridized carbons (Fsp3) is 0.559. The van der Waals surface area contributed by atoms with E-state index in [4.69, 9.17) is 26.2 Å². The van der Waals surface area contributed by atoms with Gasteiger partial charge in [0.05, 0.1) is 34.2 Å². The number of halogens is 2. The van der Waals surface area contributed by atoms with Gasteiger partial charge >= 0.3 is 5.97 Å². The summed E-state index contributed by atoms with van der Waals surface area (Å²) in [6.07, 6.45) is 7.09. The summed E-state index contributed by atoms with van der Waals surface area (Å²) in [5, 5.41) is 14.7. The largest absolute Gasteiger partial charge is 0.490 e. The molecule has 2 aromatic rings. The van der Waals surface area contributed by atoms with E-state index in [1.54, 1.807) is 38.3 Å². The number of ether oxygens (including phenoxy) is 2. The fourth-order valence-corrected chi connectivity index (χ4v) is 9.07. The van der Waals surface area contributed by atoms with E-state index in [0.717, 1.165) is 43.4 Å². The molecule has 1 spiro atoms. The Morgan fingerprint density at radius 2 is 2.02 bits per heavy atom. The number of hydrogen-bond acceptors (Lipinski definition) is 6. The van der Waals surface area contributed by atoms with Crippen LogP contribution >= 0.6 is 11.6 Å². The number of rotatable bonds is 9. The smallest absolute Gasteiger partial charge is 0.335 e. The molecule has 8 nitrogen and oxygen atoms in total. The van der Waals surface area contributed by atoms with Crippen LogP contribution in [0.1, 0.15) is 67.4 Å². The van der Waals surface area contributed by atoms with Crippen molar-refractivity contribution in [1.82, 2.24) is 0 Å². The van der Waals surface area contributed by atoms with E-state index in [0.29, 0.717) is 37.4 Å². The molecule has 1 heterocycles. The van der Waals surface area contributed by atoms with E-state index < -0.39 is 26.7 Å². The Balaban J connectivity index is 1.28. The first-order valence-electron chi connectivity index (χ1n) is 15.8. The third kappa shape index (κ3) is 5.88. The number of hydrogen-bond donors (Lipinski definition) is 2. The van der Waals surface area contributed by atoms with Crippen LogP contribution in [0, 0.1) is 29.5 Å². The van der Waals surface area contributed by atoms with Crippen molar-refractivity contribution in [2.45, 2.75) is 69.1 Å². The van der Waals surface area contributed by atoms with Crippen molar-refractivity contribution >= 4 is 33.3 Å². The normalized spacial score (nSPS) is 27.9. The van der Waals surface area contributed by atoms with Crippen LogP contribution in [0.3, 0.4) is 0 Å². The molecular formula is C34H42ClFN2O6S. The molecule has 1 fully saturated rings. The summed E-state index contributed by atoms with van der Waals surface area (Å²) in [7, 11) is -1.88. The van der Waals surface area contributed by atoms with Gasteiger partial charge in [0.15, 0.2) is 0 Å². The summed E-state index contributed by atoms with van der Waals surface area (Å²) in [4.78, 5) is 14.2. The Morgan fingerprint density at radius 1 is 1.27 bits per heavy atom. The number of benzene rings is 2. The van der Waals surface area contributed by atoms with Gasteiger partial charge in [-0.1, -0.05) is 30.7 Å². The molecule has 0 bridgehead atoms. The summed E-state index contributed by atoms with van der Waals surface area (Å²) in [6.45, 7) is 5.19. The summed E-state index contributed by atoms with van der Waals surface area (Å²) in [5.41, 5.74) is 3.20. The Labute approximate surface area is 269 Å². The molecule has 1 aliphatic heterocycles. The molecule has 7 atom stereocenters. The first-order valence-corrected chi connectivity index (χ1v) is 17.8. The predicted octanol–water partition coefficient (Wildman–Crippen LogP) is 5.95. The predicted molar refractivity (Wildman–Crippen MR) is 172 cm³/mol. The minimum absolute atomic E-state index is 0.0781. The number of methoxy groups -OCH3 is 1. The zero-order valence-electron chi connectivity index (χ0n) is 26.0. The summed E-state index contributed by atoms with van der Waals surface area (Å²) in [5.74, 6) is -0.170. The lowest BCUT2D eigenvalue weighted by Crippen LogP contribution is -2.50. The maximum atomic E-state index is 15.3.